The highest BCUT2D eigenvalue weighted by Crippen LogP contribution is 2.23. The Morgan fingerprint density at radius 2 is 0.731 bits per heavy atom. The summed E-state index contributed by atoms with van der Waals surface area (Å²) < 4.78 is 11.3. The van der Waals surface area contributed by atoms with Gasteiger partial charge in [-0.15, -0.1) is 0 Å². The Hall–Kier alpha value is -1.59. The van der Waals surface area contributed by atoms with Gasteiger partial charge >= 0.3 is 0 Å². The third-order valence-corrected chi connectivity index (χ3v) is 16.4. The van der Waals surface area contributed by atoms with E-state index in [2.05, 4.69) is 43.5 Å². The van der Waals surface area contributed by atoms with Crippen LogP contribution >= 0.6 is 0 Å². The molecule has 78 heavy (non-hydrogen) atoms. The number of rotatable bonds is 60. The summed E-state index contributed by atoms with van der Waals surface area (Å²) in [5, 5.41) is 54.7. The highest BCUT2D eigenvalue weighted by atomic mass is 16.7. The van der Waals surface area contributed by atoms with Crippen molar-refractivity contribution >= 4 is 5.91 Å². The third-order valence-electron chi connectivity index (χ3n) is 16.4. The van der Waals surface area contributed by atoms with Gasteiger partial charge in [-0.2, -0.15) is 0 Å². The quantitative estimate of drug-likeness (QED) is 0.0261. The average molecular weight is 1100 g/mol. The van der Waals surface area contributed by atoms with E-state index < -0.39 is 49.5 Å². The maximum Gasteiger partial charge on any atom is 0.220 e. The number of allylic oxidation sites excluding steroid dienone is 5. The maximum absolute atomic E-state index is 13.1. The fourth-order valence-corrected chi connectivity index (χ4v) is 11.1. The molecular weight excluding hydrogens is 971 g/mol. The lowest BCUT2D eigenvalue weighted by Gasteiger charge is -2.40. The van der Waals surface area contributed by atoms with Gasteiger partial charge in [0.1, 0.15) is 24.4 Å². The Balaban J connectivity index is 2.17. The zero-order chi connectivity index (χ0) is 56.5. The van der Waals surface area contributed by atoms with Crippen molar-refractivity contribution in [2.24, 2.45) is 0 Å². The molecule has 0 bridgehead atoms. The fraction of sp³-hybridized carbons (Fsp3) is 0.899. The second-order valence-electron chi connectivity index (χ2n) is 24.0. The monoisotopic (exact) mass is 1100 g/mol. The van der Waals surface area contributed by atoms with Gasteiger partial charge in [-0.05, 0) is 44.9 Å². The number of carbonyl (C=O) groups excluding carboxylic acids is 1. The van der Waals surface area contributed by atoms with E-state index in [4.69, 9.17) is 9.47 Å². The lowest BCUT2D eigenvalue weighted by Crippen LogP contribution is -2.60. The van der Waals surface area contributed by atoms with E-state index in [-0.39, 0.29) is 12.5 Å². The van der Waals surface area contributed by atoms with E-state index in [1.165, 1.54) is 276 Å². The normalized spacial score (nSPS) is 18.8. The molecule has 7 unspecified atom stereocenters. The predicted molar refractivity (Wildman–Crippen MR) is 332 cm³/mol. The molecule has 7 atom stereocenters. The first-order valence-electron chi connectivity index (χ1n) is 34.2. The summed E-state index contributed by atoms with van der Waals surface area (Å²) in [5.41, 5.74) is 0. The van der Waals surface area contributed by atoms with Gasteiger partial charge < -0.3 is 40.3 Å². The van der Waals surface area contributed by atoms with Crippen molar-refractivity contribution < 1.29 is 39.8 Å². The minimum absolute atomic E-state index is 0.184. The first-order chi connectivity index (χ1) is 38.3. The molecule has 9 nitrogen and oxygen atoms in total. The highest BCUT2D eigenvalue weighted by Gasteiger charge is 2.44. The Morgan fingerprint density at radius 1 is 0.423 bits per heavy atom. The van der Waals surface area contributed by atoms with Gasteiger partial charge in [-0.3, -0.25) is 4.79 Å². The van der Waals surface area contributed by atoms with Crippen molar-refractivity contribution in [2.45, 2.75) is 384 Å². The summed E-state index contributed by atoms with van der Waals surface area (Å²) in [4.78, 5) is 13.1. The number of aliphatic hydroxyl groups is 5. The summed E-state index contributed by atoms with van der Waals surface area (Å²) in [6.45, 7) is 3.81. The first kappa shape index (κ1) is 74.4. The Bertz CT molecular complexity index is 1320. The van der Waals surface area contributed by atoms with E-state index in [0.717, 1.165) is 44.9 Å². The second kappa shape index (κ2) is 58.6. The molecule has 0 saturated carbocycles. The Kier molecular flexibility index (Phi) is 55.9. The molecule has 1 saturated heterocycles. The largest absolute Gasteiger partial charge is 0.394 e. The Morgan fingerprint density at radius 3 is 1.08 bits per heavy atom. The fourth-order valence-electron chi connectivity index (χ4n) is 11.1. The summed E-state index contributed by atoms with van der Waals surface area (Å²) in [6.07, 6.45) is 71.1. The van der Waals surface area contributed by atoms with E-state index in [1.807, 2.05) is 6.08 Å². The lowest BCUT2D eigenvalue weighted by molar-refractivity contribution is -0.302. The summed E-state index contributed by atoms with van der Waals surface area (Å²) >= 11 is 0. The number of hydrogen-bond donors (Lipinski definition) is 6. The molecule has 0 aromatic heterocycles. The zero-order valence-corrected chi connectivity index (χ0v) is 51.4. The van der Waals surface area contributed by atoms with Gasteiger partial charge in [-0.25, -0.2) is 0 Å². The van der Waals surface area contributed by atoms with E-state index in [9.17, 15) is 30.3 Å². The van der Waals surface area contributed by atoms with Gasteiger partial charge in [-0.1, -0.05) is 326 Å². The minimum Gasteiger partial charge on any atom is -0.394 e. The molecule has 1 aliphatic rings. The SMILES string of the molecule is CCCCCCCCCCCCCCCCCCCCC/C=C/CC/C=C/CC/C=C/C(O)C(COC1OC(CO)C(O)C(O)C1O)NC(=O)CCCCCCCCCCCCCCCCCCCCCCCCCCCC. The molecule has 0 radical (unpaired) electrons. The van der Waals surface area contributed by atoms with Gasteiger partial charge in [0.2, 0.25) is 5.91 Å². The topological polar surface area (TPSA) is 149 Å². The van der Waals surface area contributed by atoms with Crippen LogP contribution in [-0.4, -0.2) is 87.5 Å². The van der Waals surface area contributed by atoms with Crippen LogP contribution in [0.15, 0.2) is 36.5 Å². The summed E-state index contributed by atoms with van der Waals surface area (Å²) in [5.74, 6) is -0.184. The molecule has 0 spiro atoms. The molecule has 0 aromatic rings. The van der Waals surface area contributed by atoms with Crippen LogP contribution in [0.1, 0.15) is 341 Å². The van der Waals surface area contributed by atoms with E-state index >= 15 is 0 Å². The maximum atomic E-state index is 13.1. The standard InChI is InChI=1S/C69H131NO8/c1-3-5-7-9-11-13-15-17-19-21-23-25-27-29-31-32-33-34-36-38-40-42-44-46-48-50-52-54-56-58-63(72)62(61-77-69-68(76)67(75)66(74)64(60-71)78-69)70-65(73)59-57-55-53-51-49-47-45-43-41-39-37-35-30-28-26-24-22-20-18-16-14-12-10-8-6-4-2/h40,42,48,50,56,58,62-64,66-69,71-72,74-76H,3-39,41,43-47,49,51-55,57,59-61H2,1-2H3,(H,70,73)/b42-40+,50-48+,58-56+. The van der Waals surface area contributed by atoms with Gasteiger partial charge in [0.25, 0.3) is 0 Å². The molecular formula is C69H131NO8. The molecule has 1 rings (SSSR count). The van der Waals surface area contributed by atoms with Crippen LogP contribution in [0.3, 0.4) is 0 Å². The molecule has 1 heterocycles. The van der Waals surface area contributed by atoms with E-state index in [0.29, 0.717) is 6.42 Å². The summed E-state index contributed by atoms with van der Waals surface area (Å²) in [7, 11) is 0. The van der Waals surface area contributed by atoms with Crippen LogP contribution < -0.4 is 5.32 Å². The molecule has 1 fully saturated rings. The average Bonchev–Trinajstić information content (AvgIpc) is 3.45. The Labute approximate surface area is 482 Å². The number of nitrogens with one attached hydrogen (secondary N) is 1. The summed E-state index contributed by atoms with van der Waals surface area (Å²) in [6, 6.07) is -0.827. The number of unbranched alkanes of at least 4 members (excludes halogenated alkanes) is 46. The number of amides is 1. The van der Waals surface area contributed by atoms with Crippen LogP contribution in [0.2, 0.25) is 0 Å². The van der Waals surface area contributed by atoms with Crippen molar-refractivity contribution in [2.75, 3.05) is 13.2 Å². The molecule has 0 aromatic carbocycles. The van der Waals surface area contributed by atoms with Crippen molar-refractivity contribution in [1.29, 1.82) is 0 Å². The van der Waals surface area contributed by atoms with E-state index in [1.54, 1.807) is 6.08 Å². The third kappa shape index (κ3) is 47.0. The number of ether oxygens (including phenoxy) is 2. The van der Waals surface area contributed by atoms with Gasteiger partial charge in [0.05, 0.1) is 25.4 Å². The molecule has 1 amide bonds. The molecule has 6 N–H and O–H groups in total. The zero-order valence-electron chi connectivity index (χ0n) is 51.4. The van der Waals surface area contributed by atoms with Crippen LogP contribution in [0.5, 0.6) is 0 Å². The number of hydrogen-bond acceptors (Lipinski definition) is 8. The molecule has 0 aliphatic carbocycles. The highest BCUT2D eigenvalue weighted by molar-refractivity contribution is 5.76. The molecule has 9 heteroatoms. The van der Waals surface area contributed by atoms with Crippen LogP contribution in [0.4, 0.5) is 0 Å². The van der Waals surface area contributed by atoms with Crippen LogP contribution in [-0.2, 0) is 14.3 Å². The number of carbonyl (C=O) groups is 1. The van der Waals surface area contributed by atoms with Crippen LogP contribution in [0.25, 0.3) is 0 Å². The number of aliphatic hydroxyl groups excluding tert-OH is 5. The van der Waals surface area contributed by atoms with Crippen molar-refractivity contribution in [3.8, 4) is 0 Å². The van der Waals surface area contributed by atoms with Crippen LogP contribution in [0, 0.1) is 0 Å². The smallest absolute Gasteiger partial charge is 0.220 e. The predicted octanol–water partition coefficient (Wildman–Crippen LogP) is 18.3. The first-order valence-corrected chi connectivity index (χ1v) is 34.2. The molecule has 460 valence electrons. The molecule has 1 aliphatic heterocycles. The minimum atomic E-state index is -1.57. The van der Waals surface area contributed by atoms with Gasteiger partial charge in [0.15, 0.2) is 6.29 Å². The second-order valence-corrected chi connectivity index (χ2v) is 24.0. The van der Waals surface area contributed by atoms with Crippen molar-refractivity contribution in [3.63, 3.8) is 0 Å². The van der Waals surface area contributed by atoms with Crippen molar-refractivity contribution in [3.05, 3.63) is 36.5 Å². The lowest BCUT2D eigenvalue weighted by atomic mass is 9.99. The van der Waals surface area contributed by atoms with Crippen molar-refractivity contribution in [1.82, 2.24) is 5.32 Å². The van der Waals surface area contributed by atoms with Gasteiger partial charge in [0, 0.05) is 6.42 Å².